The van der Waals surface area contributed by atoms with E-state index < -0.39 is 0 Å². The summed E-state index contributed by atoms with van der Waals surface area (Å²) in [5.74, 6) is 0.570. The Morgan fingerprint density at radius 3 is 2.04 bits per heavy atom. The topological polar surface area (TPSA) is 29.1 Å². The van der Waals surface area contributed by atoms with Crippen molar-refractivity contribution in [3.05, 3.63) is 71.3 Å². The van der Waals surface area contributed by atoms with Crippen molar-refractivity contribution in [3.8, 4) is 0 Å². The molecule has 1 N–H and O–H groups in total. The van der Waals surface area contributed by atoms with Crippen LogP contribution in [0.15, 0.2) is 54.6 Å². The molecule has 2 aromatic carbocycles. The fourth-order valence-corrected chi connectivity index (χ4v) is 2.73. The maximum atomic E-state index is 12.5. The van der Waals surface area contributed by atoms with Crippen molar-refractivity contribution in [2.24, 2.45) is 5.92 Å². The first kappa shape index (κ1) is 17.3. The first-order chi connectivity index (χ1) is 11.0. The number of hydrogen-bond acceptors (Lipinski definition) is 1. The summed E-state index contributed by atoms with van der Waals surface area (Å²) >= 11 is 0. The predicted molar refractivity (Wildman–Crippen MR) is 96.4 cm³/mol. The van der Waals surface area contributed by atoms with Gasteiger partial charge < -0.3 is 5.32 Å². The molecule has 0 aliphatic rings. The van der Waals surface area contributed by atoms with Gasteiger partial charge in [-0.25, -0.2) is 0 Å². The van der Waals surface area contributed by atoms with Crippen LogP contribution in [0.2, 0.25) is 0 Å². The number of carbonyl (C=O) groups is 1. The summed E-state index contributed by atoms with van der Waals surface area (Å²) in [4.78, 5) is 12.5. The Labute approximate surface area is 139 Å². The summed E-state index contributed by atoms with van der Waals surface area (Å²) in [6, 6.07) is 18.5. The minimum atomic E-state index is -0.144. The van der Waals surface area contributed by atoms with Crippen LogP contribution in [-0.4, -0.2) is 5.91 Å². The van der Waals surface area contributed by atoms with Gasteiger partial charge in [-0.15, -0.1) is 0 Å². The Bertz CT molecular complexity index is 616. The largest absolute Gasteiger partial charge is 0.349 e. The molecule has 122 valence electrons. The zero-order chi connectivity index (χ0) is 16.8. The first-order valence-electron chi connectivity index (χ1n) is 8.41. The van der Waals surface area contributed by atoms with Crippen LogP contribution in [0.5, 0.6) is 0 Å². The maximum Gasteiger partial charge on any atom is 0.227 e. The van der Waals surface area contributed by atoms with Gasteiger partial charge >= 0.3 is 0 Å². The lowest BCUT2D eigenvalue weighted by atomic mass is 9.96. The lowest BCUT2D eigenvalue weighted by molar-refractivity contribution is -0.122. The monoisotopic (exact) mass is 309 g/mol. The van der Waals surface area contributed by atoms with Gasteiger partial charge in [-0.2, -0.15) is 0 Å². The molecule has 0 radical (unpaired) electrons. The highest BCUT2D eigenvalue weighted by molar-refractivity contribution is 5.83. The van der Waals surface area contributed by atoms with Gasteiger partial charge in [0.2, 0.25) is 5.91 Å². The van der Waals surface area contributed by atoms with Crippen LogP contribution in [0.4, 0.5) is 0 Å². The standard InChI is InChI=1S/C21H27NO/c1-15(2)14-18-10-12-19(13-11-18)16(3)21(23)22-17(4)20-8-6-5-7-9-20/h5-13,15-17H,14H2,1-4H3,(H,22,23)/t16-,17-/m1/s1. The predicted octanol–water partition coefficient (Wildman–Crippen LogP) is 4.87. The molecule has 23 heavy (non-hydrogen) atoms. The average molecular weight is 309 g/mol. The Morgan fingerprint density at radius 1 is 0.870 bits per heavy atom. The highest BCUT2D eigenvalue weighted by atomic mass is 16.1. The van der Waals surface area contributed by atoms with E-state index in [1.165, 1.54) is 5.56 Å². The summed E-state index contributed by atoms with van der Waals surface area (Å²) in [6.07, 6.45) is 1.08. The molecule has 2 aromatic rings. The molecule has 0 bridgehead atoms. The number of rotatable bonds is 6. The molecule has 0 aliphatic carbocycles. The molecule has 1 amide bonds. The van der Waals surface area contributed by atoms with Crippen LogP contribution in [0.3, 0.4) is 0 Å². The normalized spacial score (nSPS) is 13.6. The highest BCUT2D eigenvalue weighted by Gasteiger charge is 2.17. The smallest absolute Gasteiger partial charge is 0.227 e. The number of nitrogens with one attached hydrogen (secondary N) is 1. The molecule has 0 spiro atoms. The average Bonchev–Trinajstić information content (AvgIpc) is 2.55. The van der Waals surface area contributed by atoms with Crippen LogP contribution in [-0.2, 0) is 11.2 Å². The third-order valence-electron chi connectivity index (χ3n) is 4.18. The van der Waals surface area contributed by atoms with E-state index in [1.807, 2.05) is 44.2 Å². The molecule has 0 unspecified atom stereocenters. The van der Waals surface area contributed by atoms with E-state index in [-0.39, 0.29) is 17.9 Å². The van der Waals surface area contributed by atoms with Gasteiger partial charge in [0.05, 0.1) is 12.0 Å². The lowest BCUT2D eigenvalue weighted by Crippen LogP contribution is -2.30. The number of benzene rings is 2. The summed E-state index contributed by atoms with van der Waals surface area (Å²) in [6.45, 7) is 8.42. The van der Waals surface area contributed by atoms with E-state index >= 15 is 0 Å². The van der Waals surface area contributed by atoms with Crippen molar-refractivity contribution >= 4 is 5.91 Å². The fourth-order valence-electron chi connectivity index (χ4n) is 2.73. The molecule has 0 heterocycles. The van der Waals surface area contributed by atoms with Gasteiger partial charge in [0, 0.05) is 0 Å². The van der Waals surface area contributed by atoms with Crippen molar-refractivity contribution in [2.75, 3.05) is 0 Å². The number of hydrogen-bond donors (Lipinski definition) is 1. The molecule has 2 rings (SSSR count). The molecule has 2 heteroatoms. The van der Waals surface area contributed by atoms with Crippen LogP contribution in [0.1, 0.15) is 56.3 Å². The van der Waals surface area contributed by atoms with E-state index in [0.717, 1.165) is 17.5 Å². The summed E-state index contributed by atoms with van der Waals surface area (Å²) < 4.78 is 0. The van der Waals surface area contributed by atoms with E-state index in [2.05, 4.69) is 43.4 Å². The Balaban J connectivity index is 1.99. The summed E-state index contributed by atoms with van der Waals surface area (Å²) in [7, 11) is 0. The van der Waals surface area contributed by atoms with Gasteiger partial charge in [0.25, 0.3) is 0 Å². The molecule has 0 fully saturated rings. The third kappa shape index (κ3) is 4.95. The van der Waals surface area contributed by atoms with Gasteiger partial charge in [0.15, 0.2) is 0 Å². The lowest BCUT2D eigenvalue weighted by Gasteiger charge is -2.18. The third-order valence-corrected chi connectivity index (χ3v) is 4.18. The first-order valence-corrected chi connectivity index (χ1v) is 8.41. The van der Waals surface area contributed by atoms with Gasteiger partial charge in [0.1, 0.15) is 0 Å². The van der Waals surface area contributed by atoms with Crippen LogP contribution in [0, 0.1) is 5.92 Å². The zero-order valence-corrected chi connectivity index (χ0v) is 14.5. The van der Waals surface area contributed by atoms with Crippen molar-refractivity contribution in [1.29, 1.82) is 0 Å². The van der Waals surface area contributed by atoms with E-state index in [1.54, 1.807) is 0 Å². The number of carbonyl (C=O) groups excluding carboxylic acids is 1. The second-order valence-electron chi connectivity index (χ2n) is 6.70. The number of amides is 1. The fraction of sp³-hybridized carbons (Fsp3) is 0.381. The van der Waals surface area contributed by atoms with Crippen molar-refractivity contribution in [2.45, 2.75) is 46.1 Å². The Kier molecular flexibility index (Phi) is 5.97. The molecule has 0 saturated heterocycles. The highest BCUT2D eigenvalue weighted by Crippen LogP contribution is 2.19. The van der Waals surface area contributed by atoms with E-state index in [9.17, 15) is 4.79 Å². The maximum absolute atomic E-state index is 12.5. The summed E-state index contributed by atoms with van der Waals surface area (Å²) in [5.41, 5.74) is 3.52. The zero-order valence-electron chi connectivity index (χ0n) is 14.5. The minimum Gasteiger partial charge on any atom is -0.349 e. The molecular formula is C21H27NO. The molecule has 0 aromatic heterocycles. The van der Waals surface area contributed by atoms with E-state index in [0.29, 0.717) is 5.92 Å². The summed E-state index contributed by atoms with van der Waals surface area (Å²) in [5, 5.41) is 3.10. The van der Waals surface area contributed by atoms with Crippen molar-refractivity contribution < 1.29 is 4.79 Å². The van der Waals surface area contributed by atoms with Crippen LogP contribution < -0.4 is 5.32 Å². The van der Waals surface area contributed by atoms with Crippen molar-refractivity contribution in [3.63, 3.8) is 0 Å². The molecule has 2 atom stereocenters. The minimum absolute atomic E-state index is 0.0198. The Hall–Kier alpha value is -2.09. The second kappa shape index (κ2) is 7.96. The van der Waals surface area contributed by atoms with Gasteiger partial charge in [-0.05, 0) is 42.9 Å². The quantitative estimate of drug-likeness (QED) is 0.810. The van der Waals surface area contributed by atoms with Gasteiger partial charge in [-0.1, -0.05) is 68.4 Å². The SMILES string of the molecule is CC(C)Cc1ccc([C@@H](C)C(=O)N[C@H](C)c2ccccc2)cc1. The molecule has 0 saturated carbocycles. The van der Waals surface area contributed by atoms with Crippen LogP contribution >= 0.6 is 0 Å². The molecular weight excluding hydrogens is 282 g/mol. The Morgan fingerprint density at radius 2 is 1.48 bits per heavy atom. The van der Waals surface area contributed by atoms with E-state index in [4.69, 9.17) is 0 Å². The second-order valence-corrected chi connectivity index (χ2v) is 6.70. The van der Waals surface area contributed by atoms with Gasteiger partial charge in [-0.3, -0.25) is 4.79 Å². The molecule has 2 nitrogen and oxygen atoms in total. The molecule has 0 aliphatic heterocycles. The van der Waals surface area contributed by atoms with Crippen LogP contribution in [0.25, 0.3) is 0 Å². The van der Waals surface area contributed by atoms with Crippen molar-refractivity contribution in [1.82, 2.24) is 5.32 Å².